The zero-order valence-corrected chi connectivity index (χ0v) is 12.0. The summed E-state index contributed by atoms with van der Waals surface area (Å²) in [7, 11) is 0. The Kier molecular flexibility index (Phi) is 3.54. The van der Waals surface area contributed by atoms with Gasteiger partial charge in [-0.3, -0.25) is 0 Å². The van der Waals surface area contributed by atoms with Crippen LogP contribution in [-0.2, 0) is 0 Å². The molecule has 4 nitrogen and oxygen atoms in total. The van der Waals surface area contributed by atoms with Crippen LogP contribution in [0.2, 0.25) is 0 Å². The lowest BCUT2D eigenvalue weighted by Gasteiger charge is -2.11. The van der Waals surface area contributed by atoms with Gasteiger partial charge in [-0.1, -0.05) is 18.2 Å². The molecular formula is C16H20N4. The monoisotopic (exact) mass is 268 g/mol. The van der Waals surface area contributed by atoms with Crippen LogP contribution in [0, 0.1) is 6.92 Å². The van der Waals surface area contributed by atoms with Crippen LogP contribution in [0.15, 0.2) is 30.3 Å². The Bertz CT molecular complexity index is 605. The highest BCUT2D eigenvalue weighted by atomic mass is 15.1. The fourth-order valence-electron chi connectivity index (χ4n) is 2.21. The Morgan fingerprint density at radius 2 is 2.00 bits per heavy atom. The molecule has 1 saturated carbocycles. The first-order valence-corrected chi connectivity index (χ1v) is 7.21. The van der Waals surface area contributed by atoms with E-state index in [0.29, 0.717) is 11.9 Å². The number of hydrogen-bond donors (Lipinski definition) is 2. The molecule has 1 heterocycles. The second kappa shape index (κ2) is 5.49. The average Bonchev–Trinajstić information content (AvgIpc) is 3.26. The molecule has 1 aliphatic rings. The van der Waals surface area contributed by atoms with Crippen molar-refractivity contribution >= 4 is 17.5 Å². The molecule has 0 spiro atoms. The van der Waals surface area contributed by atoms with Gasteiger partial charge in [0.25, 0.3) is 0 Å². The minimum absolute atomic E-state index is 0.618. The predicted molar refractivity (Wildman–Crippen MR) is 82.6 cm³/mol. The highest BCUT2D eigenvalue weighted by Gasteiger charge is 2.26. The summed E-state index contributed by atoms with van der Waals surface area (Å²) >= 11 is 0. The van der Waals surface area contributed by atoms with Gasteiger partial charge in [0.15, 0.2) is 0 Å². The van der Waals surface area contributed by atoms with Gasteiger partial charge in [0.05, 0.1) is 5.69 Å². The van der Waals surface area contributed by atoms with E-state index in [1.807, 2.05) is 12.1 Å². The van der Waals surface area contributed by atoms with E-state index < -0.39 is 0 Å². The minimum atomic E-state index is 0.618. The van der Waals surface area contributed by atoms with E-state index in [-0.39, 0.29) is 0 Å². The first kappa shape index (κ1) is 12.9. The first-order valence-electron chi connectivity index (χ1n) is 7.21. The Morgan fingerprint density at radius 1 is 1.20 bits per heavy atom. The van der Waals surface area contributed by atoms with Crippen molar-refractivity contribution in [2.75, 3.05) is 17.2 Å². The van der Waals surface area contributed by atoms with Crippen LogP contribution in [-0.4, -0.2) is 16.5 Å². The molecule has 20 heavy (non-hydrogen) atoms. The van der Waals surface area contributed by atoms with Gasteiger partial charge in [-0.2, -0.15) is 4.98 Å². The van der Waals surface area contributed by atoms with Gasteiger partial charge in [0.2, 0.25) is 5.95 Å². The van der Waals surface area contributed by atoms with Crippen molar-refractivity contribution in [3.05, 3.63) is 41.6 Å². The third kappa shape index (κ3) is 2.90. The fourth-order valence-corrected chi connectivity index (χ4v) is 2.21. The zero-order chi connectivity index (χ0) is 13.9. The number of benzene rings is 1. The third-order valence-electron chi connectivity index (χ3n) is 3.48. The fraction of sp³-hybridized carbons (Fsp3) is 0.375. The maximum Gasteiger partial charge on any atom is 0.224 e. The largest absolute Gasteiger partial charge is 0.354 e. The van der Waals surface area contributed by atoms with Gasteiger partial charge >= 0.3 is 0 Å². The molecule has 0 amide bonds. The normalized spacial score (nSPS) is 14.1. The van der Waals surface area contributed by atoms with Crippen molar-refractivity contribution in [2.24, 2.45) is 0 Å². The molecule has 1 aliphatic carbocycles. The van der Waals surface area contributed by atoms with Gasteiger partial charge in [0.1, 0.15) is 5.82 Å². The Morgan fingerprint density at radius 3 is 2.70 bits per heavy atom. The van der Waals surface area contributed by atoms with Crippen molar-refractivity contribution in [1.82, 2.24) is 9.97 Å². The average molecular weight is 268 g/mol. The molecule has 0 atom stereocenters. The standard InChI is InChI=1S/C16H20N4/c1-3-17-16-19-14(12-8-9-12)10-15(20-16)18-13-7-5-4-6-11(13)2/h4-7,10,12H,3,8-9H2,1-2H3,(H2,17,18,19,20). The summed E-state index contributed by atoms with van der Waals surface area (Å²) in [5.41, 5.74) is 3.45. The predicted octanol–water partition coefficient (Wildman–Crippen LogP) is 3.84. The SMILES string of the molecule is CCNc1nc(Nc2ccccc2C)cc(C2CC2)n1. The lowest BCUT2D eigenvalue weighted by atomic mass is 10.2. The summed E-state index contributed by atoms with van der Waals surface area (Å²) in [6.45, 7) is 4.98. The molecule has 0 saturated heterocycles. The molecule has 1 aromatic carbocycles. The lowest BCUT2D eigenvalue weighted by Crippen LogP contribution is -2.06. The van der Waals surface area contributed by atoms with E-state index in [4.69, 9.17) is 0 Å². The van der Waals surface area contributed by atoms with Gasteiger partial charge in [-0.05, 0) is 38.3 Å². The Labute approximate surface area is 119 Å². The van der Waals surface area contributed by atoms with Crippen molar-refractivity contribution in [3.8, 4) is 0 Å². The van der Waals surface area contributed by atoms with Gasteiger partial charge < -0.3 is 10.6 Å². The molecule has 4 heteroatoms. The number of nitrogens with one attached hydrogen (secondary N) is 2. The number of hydrogen-bond acceptors (Lipinski definition) is 4. The number of aromatic nitrogens is 2. The van der Waals surface area contributed by atoms with E-state index in [1.54, 1.807) is 0 Å². The van der Waals surface area contributed by atoms with Crippen LogP contribution in [0.5, 0.6) is 0 Å². The van der Waals surface area contributed by atoms with Crippen LogP contribution < -0.4 is 10.6 Å². The molecule has 1 fully saturated rings. The quantitative estimate of drug-likeness (QED) is 0.865. The highest BCUT2D eigenvalue weighted by Crippen LogP contribution is 2.40. The molecule has 0 radical (unpaired) electrons. The van der Waals surface area contributed by atoms with Gasteiger partial charge in [0, 0.05) is 24.2 Å². The summed E-state index contributed by atoms with van der Waals surface area (Å²) in [6, 6.07) is 10.3. The second-order valence-electron chi connectivity index (χ2n) is 5.25. The lowest BCUT2D eigenvalue weighted by molar-refractivity contribution is 0.977. The summed E-state index contributed by atoms with van der Waals surface area (Å²) in [5.74, 6) is 2.20. The number of nitrogens with zero attached hydrogens (tertiary/aromatic N) is 2. The van der Waals surface area contributed by atoms with Crippen molar-refractivity contribution < 1.29 is 0 Å². The molecular weight excluding hydrogens is 248 g/mol. The van der Waals surface area contributed by atoms with E-state index in [9.17, 15) is 0 Å². The summed E-state index contributed by atoms with van der Waals surface area (Å²) in [4.78, 5) is 9.12. The first-order chi connectivity index (χ1) is 9.76. The number of anilines is 3. The maximum absolute atomic E-state index is 4.59. The maximum atomic E-state index is 4.59. The molecule has 0 aliphatic heterocycles. The highest BCUT2D eigenvalue weighted by molar-refractivity contribution is 5.61. The molecule has 104 valence electrons. The summed E-state index contributed by atoms with van der Waals surface area (Å²) < 4.78 is 0. The van der Waals surface area contributed by atoms with E-state index in [0.717, 1.165) is 23.7 Å². The number of para-hydroxylation sites is 1. The van der Waals surface area contributed by atoms with Crippen molar-refractivity contribution in [1.29, 1.82) is 0 Å². The van der Waals surface area contributed by atoms with Crippen LogP contribution in [0.25, 0.3) is 0 Å². The zero-order valence-electron chi connectivity index (χ0n) is 12.0. The number of rotatable bonds is 5. The smallest absolute Gasteiger partial charge is 0.224 e. The number of aryl methyl sites for hydroxylation is 1. The van der Waals surface area contributed by atoms with Crippen LogP contribution in [0.4, 0.5) is 17.5 Å². The Balaban J connectivity index is 1.89. The van der Waals surface area contributed by atoms with Crippen LogP contribution in [0.3, 0.4) is 0 Å². The van der Waals surface area contributed by atoms with E-state index in [2.05, 4.69) is 52.6 Å². The van der Waals surface area contributed by atoms with E-state index >= 15 is 0 Å². The molecule has 2 aromatic rings. The second-order valence-corrected chi connectivity index (χ2v) is 5.25. The summed E-state index contributed by atoms with van der Waals surface area (Å²) in [6.07, 6.45) is 2.48. The molecule has 0 unspecified atom stereocenters. The minimum Gasteiger partial charge on any atom is -0.354 e. The summed E-state index contributed by atoms with van der Waals surface area (Å²) in [5, 5.41) is 6.61. The Hall–Kier alpha value is -2.10. The molecule has 2 N–H and O–H groups in total. The topological polar surface area (TPSA) is 49.8 Å². The van der Waals surface area contributed by atoms with Crippen LogP contribution >= 0.6 is 0 Å². The van der Waals surface area contributed by atoms with Gasteiger partial charge in [-0.15, -0.1) is 0 Å². The van der Waals surface area contributed by atoms with Crippen LogP contribution in [0.1, 0.15) is 36.9 Å². The van der Waals surface area contributed by atoms with Crippen molar-refractivity contribution in [3.63, 3.8) is 0 Å². The molecule has 0 bridgehead atoms. The van der Waals surface area contributed by atoms with Gasteiger partial charge in [-0.25, -0.2) is 4.98 Å². The third-order valence-corrected chi connectivity index (χ3v) is 3.48. The van der Waals surface area contributed by atoms with Crippen molar-refractivity contribution in [2.45, 2.75) is 32.6 Å². The molecule has 3 rings (SSSR count). The van der Waals surface area contributed by atoms with E-state index in [1.165, 1.54) is 18.4 Å². The molecule has 1 aromatic heterocycles.